The van der Waals surface area contributed by atoms with E-state index in [1.807, 2.05) is 10.3 Å². The average molecular weight is 497 g/mol. The number of thiazole rings is 1. The van der Waals surface area contributed by atoms with E-state index in [9.17, 15) is 14.4 Å². The first-order chi connectivity index (χ1) is 17.0. The molecular formula is C23H28N8O3S. The molecule has 0 aliphatic carbocycles. The second-order valence-corrected chi connectivity index (χ2v) is 9.68. The minimum Gasteiger partial charge on any atom is -0.354 e. The molecule has 0 unspecified atom stereocenters. The predicted octanol–water partition coefficient (Wildman–Crippen LogP) is 0.988. The Morgan fingerprint density at radius 1 is 1.17 bits per heavy atom. The summed E-state index contributed by atoms with van der Waals surface area (Å²) in [5.74, 6) is -0.457. The molecule has 3 amide bonds. The van der Waals surface area contributed by atoms with Gasteiger partial charge in [0.1, 0.15) is 0 Å². The van der Waals surface area contributed by atoms with Gasteiger partial charge in [0.25, 0.3) is 5.91 Å². The molecule has 2 aliphatic heterocycles. The third-order valence-corrected chi connectivity index (χ3v) is 7.43. The standard InChI is InChI=1S/C23H28N8O3S/c1-24-22(34)20-17-12-16(2-3-18(17)27-28-20)26-21(33)15-4-6-29(13-15)14-19(32)30-7-9-31(10-8-30)23-25-5-11-35-23/h2-3,5,11-12,15H,4,6-10,13-14H2,1H3,(H,24,34)(H,26,33)(H,27,28)/t15-/m1/s1. The van der Waals surface area contributed by atoms with E-state index in [0.29, 0.717) is 50.2 Å². The molecule has 4 heterocycles. The van der Waals surface area contributed by atoms with E-state index in [1.54, 1.807) is 42.8 Å². The van der Waals surface area contributed by atoms with Gasteiger partial charge in [0.05, 0.1) is 18.0 Å². The van der Waals surface area contributed by atoms with Crippen LogP contribution in [-0.4, -0.2) is 95.6 Å². The van der Waals surface area contributed by atoms with Gasteiger partial charge in [0, 0.05) is 62.4 Å². The van der Waals surface area contributed by atoms with Gasteiger partial charge in [-0.1, -0.05) is 0 Å². The van der Waals surface area contributed by atoms with Crippen molar-refractivity contribution in [3.63, 3.8) is 0 Å². The van der Waals surface area contributed by atoms with E-state index in [4.69, 9.17) is 0 Å². The fourth-order valence-electron chi connectivity index (χ4n) is 4.63. The second-order valence-electron chi connectivity index (χ2n) is 8.80. The molecule has 2 aliphatic rings. The Morgan fingerprint density at radius 3 is 2.74 bits per heavy atom. The van der Waals surface area contributed by atoms with Crippen molar-refractivity contribution in [3.8, 4) is 0 Å². The number of nitrogens with zero attached hydrogens (tertiary/aromatic N) is 5. The first-order valence-corrected chi connectivity index (χ1v) is 12.6. The largest absolute Gasteiger partial charge is 0.354 e. The van der Waals surface area contributed by atoms with Gasteiger partial charge in [-0.25, -0.2) is 4.98 Å². The monoisotopic (exact) mass is 496 g/mol. The van der Waals surface area contributed by atoms with Crippen molar-refractivity contribution < 1.29 is 14.4 Å². The number of carbonyl (C=O) groups is 3. The molecule has 3 aromatic rings. The molecule has 35 heavy (non-hydrogen) atoms. The van der Waals surface area contributed by atoms with Gasteiger partial charge in [-0.05, 0) is 31.2 Å². The lowest BCUT2D eigenvalue weighted by atomic mass is 10.1. The molecule has 2 aromatic heterocycles. The highest BCUT2D eigenvalue weighted by Gasteiger charge is 2.31. The predicted molar refractivity (Wildman–Crippen MR) is 134 cm³/mol. The van der Waals surface area contributed by atoms with Crippen LogP contribution in [0, 0.1) is 5.92 Å². The van der Waals surface area contributed by atoms with Gasteiger partial charge < -0.3 is 20.4 Å². The summed E-state index contributed by atoms with van der Waals surface area (Å²) in [6.45, 7) is 4.53. The maximum Gasteiger partial charge on any atom is 0.272 e. The lowest BCUT2D eigenvalue weighted by Gasteiger charge is -2.35. The highest BCUT2D eigenvalue weighted by Crippen LogP contribution is 2.24. The number of nitrogens with one attached hydrogen (secondary N) is 3. The Bertz CT molecular complexity index is 1220. The van der Waals surface area contributed by atoms with Gasteiger partial charge >= 0.3 is 0 Å². The number of benzene rings is 1. The zero-order valence-electron chi connectivity index (χ0n) is 19.5. The molecule has 0 saturated carbocycles. The van der Waals surface area contributed by atoms with Crippen LogP contribution >= 0.6 is 11.3 Å². The zero-order chi connectivity index (χ0) is 24.4. The number of aromatic nitrogens is 3. The minimum absolute atomic E-state index is 0.0821. The first kappa shape index (κ1) is 23.2. The Balaban J connectivity index is 1.12. The smallest absolute Gasteiger partial charge is 0.272 e. The van der Waals surface area contributed by atoms with Crippen LogP contribution < -0.4 is 15.5 Å². The number of amides is 3. The van der Waals surface area contributed by atoms with Crippen LogP contribution in [-0.2, 0) is 9.59 Å². The number of anilines is 2. The Kier molecular flexibility index (Phi) is 6.64. The lowest BCUT2D eigenvalue weighted by molar-refractivity contribution is -0.132. The number of carbonyl (C=O) groups excluding carboxylic acids is 3. The number of likely N-dealkylation sites (tertiary alicyclic amines) is 1. The minimum atomic E-state index is -0.291. The molecular weight excluding hydrogens is 468 g/mol. The van der Waals surface area contributed by atoms with Crippen molar-refractivity contribution in [3.05, 3.63) is 35.5 Å². The summed E-state index contributed by atoms with van der Waals surface area (Å²) in [6.07, 6.45) is 2.50. The summed E-state index contributed by atoms with van der Waals surface area (Å²) in [7, 11) is 1.55. The van der Waals surface area contributed by atoms with E-state index < -0.39 is 0 Å². The number of H-pyrrole nitrogens is 1. The molecule has 2 fully saturated rings. The summed E-state index contributed by atoms with van der Waals surface area (Å²) in [5, 5.41) is 16.0. The number of fused-ring (bicyclic) bond motifs is 1. The van der Waals surface area contributed by atoms with Crippen molar-refractivity contribution in [2.75, 3.05) is 63.1 Å². The number of rotatable bonds is 6. The van der Waals surface area contributed by atoms with Gasteiger partial charge in [-0.3, -0.25) is 24.4 Å². The molecule has 12 heteroatoms. The molecule has 1 atom stereocenters. The zero-order valence-corrected chi connectivity index (χ0v) is 20.3. The molecule has 3 N–H and O–H groups in total. The van der Waals surface area contributed by atoms with Crippen LogP contribution in [0.15, 0.2) is 29.8 Å². The van der Waals surface area contributed by atoms with Crippen LogP contribution in [0.4, 0.5) is 10.8 Å². The lowest BCUT2D eigenvalue weighted by Crippen LogP contribution is -2.51. The average Bonchev–Trinajstić information content (AvgIpc) is 3.64. The van der Waals surface area contributed by atoms with Crippen LogP contribution in [0.1, 0.15) is 16.9 Å². The van der Waals surface area contributed by atoms with E-state index in [1.165, 1.54) is 0 Å². The second kappa shape index (κ2) is 10.0. The number of aromatic amines is 1. The van der Waals surface area contributed by atoms with Crippen molar-refractivity contribution in [2.24, 2.45) is 5.92 Å². The summed E-state index contributed by atoms with van der Waals surface area (Å²) in [4.78, 5) is 48.3. The highest BCUT2D eigenvalue weighted by atomic mass is 32.1. The topological polar surface area (TPSA) is 127 Å². The molecule has 0 radical (unpaired) electrons. The fourth-order valence-corrected chi connectivity index (χ4v) is 5.33. The van der Waals surface area contributed by atoms with E-state index >= 15 is 0 Å². The van der Waals surface area contributed by atoms with Crippen LogP contribution in [0.25, 0.3) is 10.9 Å². The SMILES string of the molecule is CNC(=O)c1n[nH]c2ccc(NC(=O)[C@@H]3CCN(CC(=O)N4CCN(c5nccs5)CC4)C3)cc12. The summed E-state index contributed by atoms with van der Waals surface area (Å²) in [6, 6.07) is 5.33. The summed E-state index contributed by atoms with van der Waals surface area (Å²) in [5.41, 5.74) is 1.62. The Hall–Kier alpha value is -3.51. The summed E-state index contributed by atoms with van der Waals surface area (Å²) < 4.78 is 0. The normalized spacial score (nSPS) is 18.7. The number of hydrogen-bond acceptors (Lipinski definition) is 8. The van der Waals surface area contributed by atoms with Gasteiger partial charge in [0.2, 0.25) is 11.8 Å². The Labute approximate surface area is 206 Å². The summed E-state index contributed by atoms with van der Waals surface area (Å²) >= 11 is 1.62. The van der Waals surface area contributed by atoms with E-state index in [2.05, 4.69) is 35.6 Å². The van der Waals surface area contributed by atoms with Crippen molar-refractivity contribution in [1.29, 1.82) is 0 Å². The van der Waals surface area contributed by atoms with E-state index in [0.717, 1.165) is 23.7 Å². The molecule has 11 nitrogen and oxygen atoms in total. The van der Waals surface area contributed by atoms with Crippen LogP contribution in [0.5, 0.6) is 0 Å². The molecule has 1 aromatic carbocycles. The number of hydrogen-bond donors (Lipinski definition) is 3. The highest BCUT2D eigenvalue weighted by molar-refractivity contribution is 7.13. The quantitative estimate of drug-likeness (QED) is 0.465. The van der Waals surface area contributed by atoms with Crippen molar-refractivity contribution >= 4 is 50.8 Å². The number of piperazine rings is 1. The van der Waals surface area contributed by atoms with E-state index in [-0.39, 0.29) is 29.3 Å². The van der Waals surface area contributed by atoms with Gasteiger partial charge in [0.15, 0.2) is 10.8 Å². The van der Waals surface area contributed by atoms with Crippen molar-refractivity contribution in [2.45, 2.75) is 6.42 Å². The Morgan fingerprint density at radius 2 is 2.00 bits per heavy atom. The molecule has 2 saturated heterocycles. The maximum absolute atomic E-state index is 12.9. The van der Waals surface area contributed by atoms with Gasteiger partial charge in [-0.2, -0.15) is 5.10 Å². The third kappa shape index (κ3) is 4.98. The maximum atomic E-state index is 12.9. The third-order valence-electron chi connectivity index (χ3n) is 6.60. The fraction of sp³-hybridized carbons (Fsp3) is 0.435. The molecule has 0 spiro atoms. The molecule has 184 valence electrons. The first-order valence-electron chi connectivity index (χ1n) is 11.7. The van der Waals surface area contributed by atoms with Gasteiger partial charge in [-0.15, -0.1) is 11.3 Å². The molecule has 5 rings (SSSR count). The molecule has 0 bridgehead atoms. The van der Waals surface area contributed by atoms with Crippen molar-refractivity contribution in [1.82, 2.24) is 30.3 Å². The van der Waals surface area contributed by atoms with Crippen LogP contribution in [0.3, 0.4) is 0 Å². The van der Waals surface area contributed by atoms with Crippen LogP contribution in [0.2, 0.25) is 0 Å².